The summed E-state index contributed by atoms with van der Waals surface area (Å²) >= 11 is 11.8. The minimum absolute atomic E-state index is 0.0402. The Balaban J connectivity index is 1.67. The van der Waals surface area contributed by atoms with Crippen molar-refractivity contribution in [3.05, 3.63) is 103 Å². The number of benzene rings is 2. The van der Waals surface area contributed by atoms with Gasteiger partial charge in [-0.3, -0.25) is 9.55 Å². The molecule has 4 aromatic rings. The standard InChI is InChI=1S/C24H20Cl2N6O5/c1-3-31-23(34)30-22(32(24(31)35)13-14-4-6-15(25)7-5-14)27-16-8-10-17(11-9-16)37-19-12-18(20(33)36-2)28-21(26)29-19/h4-12H,3,13H2,1-2H3,(H,27,30,34). The Kier molecular flexibility index (Phi) is 7.85. The van der Waals surface area contributed by atoms with Crippen LogP contribution >= 0.6 is 23.2 Å². The van der Waals surface area contributed by atoms with Crippen molar-refractivity contribution in [2.24, 2.45) is 4.99 Å². The minimum Gasteiger partial charge on any atom is -0.464 e. The molecule has 11 nitrogen and oxygen atoms in total. The molecule has 2 aromatic heterocycles. The van der Waals surface area contributed by atoms with E-state index in [1.165, 1.54) is 17.7 Å². The fourth-order valence-electron chi connectivity index (χ4n) is 3.33. The van der Waals surface area contributed by atoms with Crippen LogP contribution in [0.25, 0.3) is 0 Å². The van der Waals surface area contributed by atoms with E-state index in [1.54, 1.807) is 55.5 Å². The van der Waals surface area contributed by atoms with Crippen molar-refractivity contribution in [1.82, 2.24) is 24.1 Å². The van der Waals surface area contributed by atoms with Gasteiger partial charge in [0.2, 0.25) is 16.8 Å². The first-order chi connectivity index (χ1) is 17.8. The molecule has 0 amide bonds. The van der Waals surface area contributed by atoms with Crippen LogP contribution in [-0.4, -0.2) is 37.2 Å². The SMILES string of the molecule is CCn1c(=O)[nH]/c(=N\c2ccc(Oc3cc(C(=O)OC)nc(Cl)n3)cc2)n(Cc2ccc(Cl)cc2)c1=O. The summed E-state index contributed by atoms with van der Waals surface area (Å²) in [5.41, 5.74) is 0.199. The third kappa shape index (κ3) is 6.13. The second-order valence-electron chi connectivity index (χ2n) is 7.55. The summed E-state index contributed by atoms with van der Waals surface area (Å²) < 4.78 is 12.8. The number of rotatable bonds is 7. The van der Waals surface area contributed by atoms with Crippen LogP contribution in [0.4, 0.5) is 5.69 Å². The molecule has 0 radical (unpaired) electrons. The minimum atomic E-state index is -0.686. The van der Waals surface area contributed by atoms with Gasteiger partial charge in [0, 0.05) is 17.6 Å². The second kappa shape index (κ2) is 11.2. The third-order valence-electron chi connectivity index (χ3n) is 5.12. The van der Waals surface area contributed by atoms with Gasteiger partial charge >= 0.3 is 17.3 Å². The summed E-state index contributed by atoms with van der Waals surface area (Å²) in [6.07, 6.45) is 0. The van der Waals surface area contributed by atoms with Crippen LogP contribution < -0.4 is 21.7 Å². The van der Waals surface area contributed by atoms with Gasteiger partial charge in [0.05, 0.1) is 19.3 Å². The quantitative estimate of drug-likeness (QED) is 0.279. The summed E-state index contributed by atoms with van der Waals surface area (Å²) in [5, 5.41) is 0.389. The summed E-state index contributed by atoms with van der Waals surface area (Å²) in [7, 11) is 1.22. The molecule has 2 aromatic carbocycles. The fourth-order valence-corrected chi connectivity index (χ4v) is 3.63. The summed E-state index contributed by atoms with van der Waals surface area (Å²) in [6, 6.07) is 14.7. The molecule has 0 aliphatic rings. The molecular weight excluding hydrogens is 523 g/mol. The first kappa shape index (κ1) is 25.9. The van der Waals surface area contributed by atoms with Crippen LogP contribution in [0.15, 0.2) is 69.2 Å². The molecule has 4 rings (SSSR count). The Bertz CT molecular complexity index is 1630. The maximum atomic E-state index is 13.0. The Morgan fingerprint density at radius 3 is 2.38 bits per heavy atom. The average molecular weight is 543 g/mol. The molecule has 13 heteroatoms. The Morgan fingerprint density at radius 1 is 1.03 bits per heavy atom. The number of H-pyrrole nitrogens is 1. The van der Waals surface area contributed by atoms with E-state index in [-0.39, 0.29) is 35.6 Å². The topological polar surface area (TPSA) is 133 Å². The van der Waals surface area contributed by atoms with Crippen molar-refractivity contribution >= 4 is 34.9 Å². The van der Waals surface area contributed by atoms with Crippen molar-refractivity contribution in [3.63, 3.8) is 0 Å². The molecule has 0 bridgehead atoms. The van der Waals surface area contributed by atoms with Gasteiger partial charge in [-0.1, -0.05) is 23.7 Å². The smallest absolute Gasteiger partial charge is 0.356 e. The number of hydrogen-bond acceptors (Lipinski definition) is 8. The summed E-state index contributed by atoms with van der Waals surface area (Å²) in [4.78, 5) is 52.1. The molecular formula is C24H20Cl2N6O5. The van der Waals surface area contributed by atoms with Gasteiger partial charge in [-0.25, -0.2) is 28.9 Å². The predicted molar refractivity (Wildman–Crippen MR) is 136 cm³/mol. The predicted octanol–water partition coefficient (Wildman–Crippen LogP) is 3.31. The number of nitrogens with zero attached hydrogens (tertiary/aromatic N) is 5. The first-order valence-corrected chi connectivity index (χ1v) is 11.7. The van der Waals surface area contributed by atoms with E-state index in [0.717, 1.165) is 10.1 Å². The monoisotopic (exact) mass is 542 g/mol. The van der Waals surface area contributed by atoms with Gasteiger partial charge < -0.3 is 9.47 Å². The summed E-state index contributed by atoms with van der Waals surface area (Å²) in [5.74, 6) is -0.277. The normalized spacial score (nSPS) is 11.4. The maximum absolute atomic E-state index is 13.0. The highest BCUT2D eigenvalue weighted by molar-refractivity contribution is 6.30. The molecule has 0 spiro atoms. The number of esters is 1. The highest BCUT2D eigenvalue weighted by Gasteiger charge is 2.13. The molecule has 0 aliphatic heterocycles. The molecule has 0 saturated heterocycles. The van der Waals surface area contributed by atoms with Gasteiger partial charge in [-0.15, -0.1) is 0 Å². The van der Waals surface area contributed by atoms with Crippen LogP contribution in [0.1, 0.15) is 23.0 Å². The number of methoxy groups -OCH3 is 1. The first-order valence-electron chi connectivity index (χ1n) is 10.9. The van der Waals surface area contributed by atoms with Crippen molar-refractivity contribution in [2.75, 3.05) is 7.11 Å². The van der Waals surface area contributed by atoms with Crippen LogP contribution in [-0.2, 0) is 17.8 Å². The second-order valence-corrected chi connectivity index (χ2v) is 8.33. The number of aromatic amines is 1. The largest absolute Gasteiger partial charge is 0.464 e. The van der Waals surface area contributed by atoms with Crippen LogP contribution in [0.5, 0.6) is 11.6 Å². The highest BCUT2D eigenvalue weighted by Crippen LogP contribution is 2.24. The lowest BCUT2D eigenvalue weighted by molar-refractivity contribution is 0.0593. The van der Waals surface area contributed by atoms with Crippen molar-refractivity contribution in [3.8, 4) is 11.6 Å². The molecule has 0 atom stereocenters. The zero-order valence-corrected chi connectivity index (χ0v) is 21.2. The molecule has 0 aliphatic carbocycles. The zero-order valence-electron chi connectivity index (χ0n) is 19.6. The van der Waals surface area contributed by atoms with E-state index in [2.05, 4.69) is 24.7 Å². The maximum Gasteiger partial charge on any atom is 0.356 e. The molecule has 190 valence electrons. The number of nitrogens with one attached hydrogen (secondary N) is 1. The van der Waals surface area contributed by atoms with Crippen LogP contribution in [0, 0.1) is 0 Å². The number of carbonyl (C=O) groups excluding carboxylic acids is 1. The van der Waals surface area contributed by atoms with E-state index < -0.39 is 17.3 Å². The van der Waals surface area contributed by atoms with Gasteiger partial charge in [-0.2, -0.15) is 4.98 Å². The lowest BCUT2D eigenvalue weighted by Gasteiger charge is -2.10. The lowest BCUT2D eigenvalue weighted by atomic mass is 10.2. The van der Waals surface area contributed by atoms with E-state index >= 15 is 0 Å². The Morgan fingerprint density at radius 2 is 1.73 bits per heavy atom. The number of halogens is 2. The number of carbonyl (C=O) groups is 1. The number of aromatic nitrogens is 5. The van der Waals surface area contributed by atoms with E-state index in [0.29, 0.717) is 16.5 Å². The Hall–Kier alpha value is -4.22. The number of hydrogen-bond donors (Lipinski definition) is 1. The van der Waals surface area contributed by atoms with Crippen molar-refractivity contribution < 1.29 is 14.3 Å². The van der Waals surface area contributed by atoms with Gasteiger partial charge in [0.15, 0.2) is 5.69 Å². The van der Waals surface area contributed by atoms with Gasteiger partial charge in [0.25, 0.3) is 0 Å². The zero-order chi connectivity index (χ0) is 26.5. The molecule has 0 saturated carbocycles. The highest BCUT2D eigenvalue weighted by atomic mass is 35.5. The molecule has 0 fully saturated rings. The molecule has 0 unspecified atom stereocenters. The summed E-state index contributed by atoms with van der Waals surface area (Å²) in [6.45, 7) is 2.08. The fraction of sp³-hybridized carbons (Fsp3) is 0.167. The van der Waals surface area contributed by atoms with E-state index in [4.69, 9.17) is 27.9 Å². The average Bonchev–Trinajstić information content (AvgIpc) is 2.88. The third-order valence-corrected chi connectivity index (χ3v) is 5.54. The van der Waals surface area contributed by atoms with Crippen LogP contribution in [0.3, 0.4) is 0 Å². The van der Waals surface area contributed by atoms with Crippen molar-refractivity contribution in [2.45, 2.75) is 20.0 Å². The molecule has 2 heterocycles. The number of ether oxygens (including phenoxy) is 2. The Labute approximate surface area is 219 Å². The van der Waals surface area contributed by atoms with E-state index in [1.807, 2.05) is 0 Å². The van der Waals surface area contributed by atoms with E-state index in [9.17, 15) is 14.4 Å². The van der Waals surface area contributed by atoms with Crippen LogP contribution in [0.2, 0.25) is 10.3 Å². The molecule has 37 heavy (non-hydrogen) atoms. The van der Waals surface area contributed by atoms with Crippen molar-refractivity contribution in [1.29, 1.82) is 0 Å². The molecule has 1 N–H and O–H groups in total. The van der Waals surface area contributed by atoms with Gasteiger partial charge in [0.1, 0.15) is 5.75 Å². The van der Waals surface area contributed by atoms with Gasteiger partial charge in [-0.05, 0) is 60.5 Å². The lowest BCUT2D eigenvalue weighted by Crippen LogP contribution is -2.49.